The standard InChI is InChI=1S/C27H21NO3/c1-31-27(30)24-12-6-11-22(17-24)19-28-16-15-23-14-13-21(18-25(23)26(28)29)10-5-9-20-7-3-2-4-8-20/h2-4,6-8,11-18H,9,19H2,1H3. The van der Waals surface area contributed by atoms with Crippen LogP contribution in [0, 0.1) is 11.8 Å². The zero-order valence-corrected chi connectivity index (χ0v) is 17.2. The molecule has 4 heteroatoms. The summed E-state index contributed by atoms with van der Waals surface area (Å²) in [7, 11) is 1.35. The van der Waals surface area contributed by atoms with Gasteiger partial charge in [-0.1, -0.05) is 60.4 Å². The normalized spacial score (nSPS) is 10.4. The highest BCUT2D eigenvalue weighted by Gasteiger charge is 2.08. The summed E-state index contributed by atoms with van der Waals surface area (Å²) in [6.45, 7) is 0.365. The maximum atomic E-state index is 13.1. The molecule has 0 atom stereocenters. The van der Waals surface area contributed by atoms with Crippen molar-refractivity contribution in [2.75, 3.05) is 7.11 Å². The first kappa shape index (κ1) is 20.2. The van der Waals surface area contributed by atoms with E-state index in [0.717, 1.165) is 22.1 Å². The maximum absolute atomic E-state index is 13.1. The second kappa shape index (κ2) is 9.15. The quantitative estimate of drug-likeness (QED) is 0.371. The number of hydrogen-bond acceptors (Lipinski definition) is 3. The van der Waals surface area contributed by atoms with Gasteiger partial charge in [0.1, 0.15) is 0 Å². The van der Waals surface area contributed by atoms with Gasteiger partial charge in [-0.25, -0.2) is 4.79 Å². The monoisotopic (exact) mass is 407 g/mol. The number of esters is 1. The number of carbonyl (C=O) groups excluding carboxylic acids is 1. The van der Waals surface area contributed by atoms with Crippen LogP contribution in [-0.4, -0.2) is 17.6 Å². The first-order chi connectivity index (χ1) is 15.1. The Morgan fingerprint density at radius 3 is 2.55 bits per heavy atom. The minimum Gasteiger partial charge on any atom is -0.465 e. The van der Waals surface area contributed by atoms with Gasteiger partial charge in [-0.05, 0) is 46.8 Å². The smallest absolute Gasteiger partial charge is 0.337 e. The SMILES string of the molecule is COC(=O)c1cccc(Cn2ccc3ccc(C#CCc4ccccc4)cc3c2=O)c1. The minimum absolute atomic E-state index is 0.0901. The number of aromatic nitrogens is 1. The third-order valence-corrected chi connectivity index (χ3v) is 5.05. The van der Waals surface area contributed by atoms with Crippen LogP contribution >= 0.6 is 0 Å². The molecule has 0 fully saturated rings. The molecule has 3 aromatic carbocycles. The van der Waals surface area contributed by atoms with E-state index >= 15 is 0 Å². The van der Waals surface area contributed by atoms with Crippen LogP contribution in [0.3, 0.4) is 0 Å². The lowest BCUT2D eigenvalue weighted by Gasteiger charge is -2.09. The number of fused-ring (bicyclic) bond motifs is 1. The van der Waals surface area contributed by atoms with Crippen LogP contribution in [0.15, 0.2) is 89.9 Å². The van der Waals surface area contributed by atoms with E-state index in [4.69, 9.17) is 4.74 Å². The predicted molar refractivity (Wildman–Crippen MR) is 122 cm³/mol. The largest absolute Gasteiger partial charge is 0.465 e. The molecule has 0 bridgehead atoms. The Hall–Kier alpha value is -4.10. The van der Waals surface area contributed by atoms with E-state index in [1.165, 1.54) is 7.11 Å². The van der Waals surface area contributed by atoms with Gasteiger partial charge < -0.3 is 9.30 Å². The summed E-state index contributed by atoms with van der Waals surface area (Å²) in [5.41, 5.74) is 3.19. The number of hydrogen-bond donors (Lipinski definition) is 0. The summed E-state index contributed by atoms with van der Waals surface area (Å²) in [6.07, 6.45) is 2.44. The van der Waals surface area contributed by atoms with Gasteiger partial charge >= 0.3 is 5.97 Å². The van der Waals surface area contributed by atoms with E-state index < -0.39 is 5.97 Å². The summed E-state index contributed by atoms with van der Waals surface area (Å²) in [5, 5.41) is 1.50. The van der Waals surface area contributed by atoms with Crippen molar-refractivity contribution in [3.05, 3.63) is 118 Å². The van der Waals surface area contributed by atoms with Crippen molar-refractivity contribution < 1.29 is 9.53 Å². The molecule has 1 heterocycles. The van der Waals surface area contributed by atoms with Crippen molar-refractivity contribution in [3.8, 4) is 11.8 Å². The average Bonchev–Trinajstić information content (AvgIpc) is 2.81. The molecule has 0 saturated carbocycles. The van der Waals surface area contributed by atoms with Crippen LogP contribution in [0.2, 0.25) is 0 Å². The Bertz CT molecular complexity index is 1360. The molecule has 0 N–H and O–H groups in total. The third-order valence-electron chi connectivity index (χ3n) is 5.05. The number of methoxy groups -OCH3 is 1. The van der Waals surface area contributed by atoms with E-state index in [-0.39, 0.29) is 5.56 Å². The van der Waals surface area contributed by atoms with Crippen LogP contribution < -0.4 is 5.56 Å². The first-order valence-electron chi connectivity index (χ1n) is 9.97. The molecule has 0 unspecified atom stereocenters. The van der Waals surface area contributed by atoms with Gasteiger partial charge in [0.2, 0.25) is 0 Å². The van der Waals surface area contributed by atoms with E-state index in [1.54, 1.807) is 29.0 Å². The van der Waals surface area contributed by atoms with Crippen LogP contribution in [0.25, 0.3) is 10.8 Å². The topological polar surface area (TPSA) is 48.3 Å². The van der Waals surface area contributed by atoms with Crippen molar-refractivity contribution in [1.29, 1.82) is 0 Å². The number of pyridine rings is 1. The Balaban J connectivity index is 1.61. The summed E-state index contributed by atoms with van der Waals surface area (Å²) >= 11 is 0. The molecule has 152 valence electrons. The molecule has 4 rings (SSSR count). The molecule has 1 aromatic heterocycles. The second-order valence-corrected chi connectivity index (χ2v) is 7.21. The maximum Gasteiger partial charge on any atom is 0.337 e. The fourth-order valence-corrected chi connectivity index (χ4v) is 3.44. The highest BCUT2D eigenvalue weighted by Crippen LogP contribution is 2.13. The van der Waals surface area contributed by atoms with E-state index in [1.807, 2.05) is 60.7 Å². The number of rotatable bonds is 4. The lowest BCUT2D eigenvalue weighted by molar-refractivity contribution is 0.0600. The van der Waals surface area contributed by atoms with Gasteiger partial charge in [0.25, 0.3) is 5.56 Å². The average molecular weight is 407 g/mol. The Kier molecular flexibility index (Phi) is 5.96. The summed E-state index contributed by atoms with van der Waals surface area (Å²) in [4.78, 5) is 24.8. The van der Waals surface area contributed by atoms with E-state index in [2.05, 4.69) is 11.8 Å². The highest BCUT2D eigenvalue weighted by atomic mass is 16.5. The van der Waals surface area contributed by atoms with Crippen LogP contribution in [0.5, 0.6) is 0 Å². The molecule has 4 nitrogen and oxygen atoms in total. The summed E-state index contributed by atoms with van der Waals surface area (Å²) < 4.78 is 6.41. The first-order valence-corrected chi connectivity index (χ1v) is 9.97. The fraction of sp³-hybridized carbons (Fsp3) is 0.111. The van der Waals surface area contributed by atoms with Crippen molar-refractivity contribution in [2.45, 2.75) is 13.0 Å². The molecular weight excluding hydrogens is 386 g/mol. The molecular formula is C27H21NO3. The Labute approximate surface area is 180 Å². The van der Waals surface area contributed by atoms with Gasteiger partial charge in [-0.3, -0.25) is 4.79 Å². The molecule has 0 aliphatic rings. The summed E-state index contributed by atoms with van der Waals surface area (Å²) in [5.74, 6) is 5.94. The molecule has 31 heavy (non-hydrogen) atoms. The van der Waals surface area contributed by atoms with Gasteiger partial charge in [-0.2, -0.15) is 0 Å². The molecule has 0 aliphatic carbocycles. The third kappa shape index (κ3) is 4.73. The van der Waals surface area contributed by atoms with Crippen LogP contribution in [0.4, 0.5) is 0 Å². The van der Waals surface area contributed by atoms with Crippen molar-refractivity contribution >= 4 is 16.7 Å². The predicted octanol–water partition coefficient (Wildman–Crippen LogP) is 4.43. The van der Waals surface area contributed by atoms with E-state index in [0.29, 0.717) is 23.9 Å². The molecule has 0 radical (unpaired) electrons. The number of ether oxygens (including phenoxy) is 1. The fourth-order valence-electron chi connectivity index (χ4n) is 3.44. The van der Waals surface area contributed by atoms with Crippen LogP contribution in [0.1, 0.15) is 27.0 Å². The number of nitrogens with zero attached hydrogens (tertiary/aromatic N) is 1. The molecule has 0 saturated heterocycles. The molecule has 0 spiro atoms. The second-order valence-electron chi connectivity index (χ2n) is 7.21. The molecule has 0 aliphatic heterocycles. The van der Waals surface area contributed by atoms with Crippen molar-refractivity contribution in [3.63, 3.8) is 0 Å². The Morgan fingerprint density at radius 2 is 1.74 bits per heavy atom. The van der Waals surface area contributed by atoms with Crippen LogP contribution in [-0.2, 0) is 17.7 Å². The van der Waals surface area contributed by atoms with Gasteiger partial charge in [0.15, 0.2) is 0 Å². The summed E-state index contributed by atoms with van der Waals surface area (Å²) in [6, 6.07) is 24.8. The van der Waals surface area contributed by atoms with Crippen molar-refractivity contribution in [1.82, 2.24) is 4.57 Å². The molecule has 4 aromatic rings. The lowest BCUT2D eigenvalue weighted by atomic mass is 10.1. The number of carbonyl (C=O) groups is 1. The number of benzene rings is 3. The highest BCUT2D eigenvalue weighted by molar-refractivity contribution is 5.89. The van der Waals surface area contributed by atoms with Gasteiger partial charge in [0, 0.05) is 23.6 Å². The minimum atomic E-state index is -0.397. The lowest BCUT2D eigenvalue weighted by Crippen LogP contribution is -2.20. The molecule has 0 amide bonds. The zero-order chi connectivity index (χ0) is 21.6. The van der Waals surface area contributed by atoms with Gasteiger partial charge in [0.05, 0.1) is 19.2 Å². The zero-order valence-electron chi connectivity index (χ0n) is 17.2. The van der Waals surface area contributed by atoms with E-state index in [9.17, 15) is 9.59 Å². The van der Waals surface area contributed by atoms with Crippen molar-refractivity contribution in [2.24, 2.45) is 0 Å². The van der Waals surface area contributed by atoms with Gasteiger partial charge in [-0.15, -0.1) is 0 Å². The Morgan fingerprint density at radius 1 is 0.935 bits per heavy atom.